The molecule has 1 N–H and O–H groups in total. The Kier molecular flexibility index (Phi) is 5.93. The van der Waals surface area contributed by atoms with Gasteiger partial charge in [0.2, 0.25) is 0 Å². The molecule has 4 rings (SSSR count). The Morgan fingerprint density at radius 3 is 2.56 bits per heavy atom. The fourth-order valence-corrected chi connectivity index (χ4v) is 3.94. The number of nitrogens with zero attached hydrogens (tertiary/aromatic N) is 1. The van der Waals surface area contributed by atoms with Gasteiger partial charge in [-0.25, -0.2) is 0 Å². The van der Waals surface area contributed by atoms with Gasteiger partial charge in [-0.3, -0.25) is 4.79 Å². The number of likely N-dealkylation sites (tertiary alicyclic amines) is 1. The van der Waals surface area contributed by atoms with Crippen molar-refractivity contribution in [3.8, 4) is 5.75 Å². The van der Waals surface area contributed by atoms with E-state index in [1.165, 1.54) is 38.8 Å². The van der Waals surface area contributed by atoms with Crippen LogP contribution in [0.15, 0.2) is 36.4 Å². The second-order valence-corrected chi connectivity index (χ2v) is 7.93. The van der Waals surface area contributed by atoms with Crippen molar-refractivity contribution in [2.45, 2.75) is 51.0 Å². The van der Waals surface area contributed by atoms with Crippen molar-refractivity contribution >= 4 is 16.7 Å². The van der Waals surface area contributed by atoms with Crippen LogP contribution >= 0.6 is 0 Å². The lowest BCUT2D eigenvalue weighted by molar-refractivity contribution is 0.0917. The highest BCUT2D eigenvalue weighted by atomic mass is 16.5. The monoisotopic (exact) mass is 366 g/mol. The number of hydrogen-bond acceptors (Lipinski definition) is 3. The molecule has 0 atom stereocenters. The van der Waals surface area contributed by atoms with Gasteiger partial charge in [-0.05, 0) is 86.7 Å². The van der Waals surface area contributed by atoms with Gasteiger partial charge in [0.1, 0.15) is 5.75 Å². The molecular weight excluding hydrogens is 336 g/mol. The SMILES string of the molecule is O=C(NC1CCC1)c1ccc2cc(OCCCN3CCCCC3)ccc2c1. The Bertz CT molecular complexity index is 779. The molecule has 0 unspecified atom stereocenters. The molecule has 0 bridgehead atoms. The summed E-state index contributed by atoms with van der Waals surface area (Å²) in [5.41, 5.74) is 0.740. The number of fused-ring (bicyclic) bond motifs is 1. The Morgan fingerprint density at radius 1 is 1.00 bits per heavy atom. The summed E-state index contributed by atoms with van der Waals surface area (Å²) in [6, 6.07) is 12.4. The van der Waals surface area contributed by atoms with Crippen LogP contribution in [0, 0.1) is 0 Å². The third kappa shape index (κ3) is 4.81. The van der Waals surface area contributed by atoms with E-state index in [0.717, 1.165) is 54.5 Å². The highest BCUT2D eigenvalue weighted by molar-refractivity contribution is 5.99. The summed E-state index contributed by atoms with van der Waals surface area (Å²) in [5, 5.41) is 5.30. The highest BCUT2D eigenvalue weighted by Gasteiger charge is 2.20. The predicted molar refractivity (Wildman–Crippen MR) is 109 cm³/mol. The summed E-state index contributed by atoms with van der Waals surface area (Å²) in [6.07, 6.45) is 8.57. The Balaban J connectivity index is 1.30. The van der Waals surface area contributed by atoms with Gasteiger partial charge in [0.05, 0.1) is 6.61 Å². The number of piperidine rings is 1. The van der Waals surface area contributed by atoms with Crippen molar-refractivity contribution < 1.29 is 9.53 Å². The summed E-state index contributed by atoms with van der Waals surface area (Å²) < 4.78 is 5.95. The second-order valence-electron chi connectivity index (χ2n) is 7.93. The molecule has 0 aromatic heterocycles. The molecule has 4 heteroatoms. The summed E-state index contributed by atoms with van der Waals surface area (Å²) in [4.78, 5) is 14.9. The lowest BCUT2D eigenvalue weighted by Crippen LogP contribution is -2.39. The smallest absolute Gasteiger partial charge is 0.251 e. The van der Waals surface area contributed by atoms with Crippen LogP contribution < -0.4 is 10.1 Å². The highest BCUT2D eigenvalue weighted by Crippen LogP contribution is 2.23. The van der Waals surface area contributed by atoms with Crippen molar-refractivity contribution in [1.29, 1.82) is 0 Å². The molecule has 4 nitrogen and oxygen atoms in total. The largest absolute Gasteiger partial charge is 0.494 e. The van der Waals surface area contributed by atoms with E-state index in [2.05, 4.69) is 22.3 Å². The number of carbonyl (C=O) groups excluding carboxylic acids is 1. The van der Waals surface area contributed by atoms with Crippen molar-refractivity contribution in [3.05, 3.63) is 42.0 Å². The van der Waals surface area contributed by atoms with Crippen LogP contribution in [0.5, 0.6) is 5.75 Å². The fraction of sp³-hybridized carbons (Fsp3) is 0.522. The number of carbonyl (C=O) groups is 1. The van der Waals surface area contributed by atoms with Crippen molar-refractivity contribution in [3.63, 3.8) is 0 Å². The quantitative estimate of drug-likeness (QED) is 0.740. The number of rotatable bonds is 7. The van der Waals surface area contributed by atoms with Gasteiger partial charge in [0.25, 0.3) is 5.91 Å². The van der Waals surface area contributed by atoms with Crippen molar-refractivity contribution in [2.75, 3.05) is 26.2 Å². The van der Waals surface area contributed by atoms with Crippen LogP contribution in [0.2, 0.25) is 0 Å². The van der Waals surface area contributed by atoms with Gasteiger partial charge in [0, 0.05) is 18.2 Å². The first-order chi connectivity index (χ1) is 13.3. The first kappa shape index (κ1) is 18.3. The van der Waals surface area contributed by atoms with Gasteiger partial charge in [-0.2, -0.15) is 0 Å². The zero-order chi connectivity index (χ0) is 18.5. The lowest BCUT2D eigenvalue weighted by atomic mass is 9.93. The standard InChI is InChI=1S/C23H30N2O2/c26-23(24-21-6-4-7-21)20-9-8-19-17-22(11-10-18(19)16-20)27-15-5-14-25-12-2-1-3-13-25/h8-11,16-17,21H,1-7,12-15H2,(H,24,26). The number of benzene rings is 2. The van der Waals surface area contributed by atoms with Crippen LogP contribution in [0.25, 0.3) is 10.8 Å². The van der Waals surface area contributed by atoms with Gasteiger partial charge in [0.15, 0.2) is 0 Å². The van der Waals surface area contributed by atoms with Crippen LogP contribution in [0.1, 0.15) is 55.3 Å². The zero-order valence-corrected chi connectivity index (χ0v) is 16.1. The van der Waals surface area contributed by atoms with E-state index in [-0.39, 0.29) is 5.91 Å². The average Bonchev–Trinajstić information content (AvgIpc) is 2.68. The molecule has 1 aliphatic carbocycles. The maximum absolute atomic E-state index is 12.3. The lowest BCUT2D eigenvalue weighted by Gasteiger charge is -2.26. The summed E-state index contributed by atoms with van der Waals surface area (Å²) >= 11 is 0. The molecule has 2 aromatic carbocycles. The van der Waals surface area contributed by atoms with E-state index in [0.29, 0.717) is 6.04 Å². The molecule has 2 aromatic rings. The molecule has 1 saturated carbocycles. The summed E-state index contributed by atoms with van der Waals surface area (Å²) in [7, 11) is 0. The molecule has 1 saturated heterocycles. The number of hydrogen-bond donors (Lipinski definition) is 1. The minimum absolute atomic E-state index is 0.0413. The summed E-state index contributed by atoms with van der Waals surface area (Å²) in [5.74, 6) is 0.951. The molecule has 2 aliphatic rings. The third-order valence-electron chi connectivity index (χ3n) is 5.85. The van der Waals surface area contributed by atoms with E-state index in [4.69, 9.17) is 4.74 Å². The van der Waals surface area contributed by atoms with Crippen LogP contribution in [0.4, 0.5) is 0 Å². The van der Waals surface area contributed by atoms with E-state index in [9.17, 15) is 4.79 Å². The normalized spacial score (nSPS) is 18.2. The molecule has 144 valence electrons. The van der Waals surface area contributed by atoms with Gasteiger partial charge < -0.3 is 15.0 Å². The van der Waals surface area contributed by atoms with Crippen LogP contribution in [0.3, 0.4) is 0 Å². The Morgan fingerprint density at radius 2 is 1.78 bits per heavy atom. The average molecular weight is 367 g/mol. The molecular formula is C23H30N2O2. The minimum Gasteiger partial charge on any atom is -0.494 e. The number of amides is 1. The fourth-order valence-electron chi connectivity index (χ4n) is 3.94. The van der Waals surface area contributed by atoms with E-state index >= 15 is 0 Å². The second kappa shape index (κ2) is 8.75. The predicted octanol–water partition coefficient (Wildman–Crippen LogP) is 4.38. The Labute approximate surface area is 161 Å². The molecule has 1 amide bonds. The number of ether oxygens (including phenoxy) is 1. The summed E-state index contributed by atoms with van der Waals surface area (Å²) in [6.45, 7) is 4.37. The van der Waals surface area contributed by atoms with Gasteiger partial charge >= 0.3 is 0 Å². The third-order valence-corrected chi connectivity index (χ3v) is 5.85. The van der Waals surface area contributed by atoms with Gasteiger partial charge in [-0.1, -0.05) is 18.6 Å². The molecule has 1 heterocycles. The molecule has 0 spiro atoms. The number of nitrogens with one attached hydrogen (secondary N) is 1. The van der Waals surface area contributed by atoms with E-state index < -0.39 is 0 Å². The molecule has 0 radical (unpaired) electrons. The van der Waals surface area contributed by atoms with Gasteiger partial charge in [-0.15, -0.1) is 0 Å². The molecule has 2 fully saturated rings. The zero-order valence-electron chi connectivity index (χ0n) is 16.1. The van der Waals surface area contributed by atoms with E-state index in [1.807, 2.05) is 24.3 Å². The van der Waals surface area contributed by atoms with Crippen molar-refractivity contribution in [1.82, 2.24) is 10.2 Å². The molecule has 1 aliphatic heterocycles. The van der Waals surface area contributed by atoms with E-state index in [1.54, 1.807) is 0 Å². The molecule has 27 heavy (non-hydrogen) atoms. The first-order valence-corrected chi connectivity index (χ1v) is 10.5. The Hall–Kier alpha value is -2.07. The topological polar surface area (TPSA) is 41.6 Å². The van der Waals surface area contributed by atoms with Crippen LogP contribution in [-0.2, 0) is 0 Å². The maximum Gasteiger partial charge on any atom is 0.251 e. The van der Waals surface area contributed by atoms with Crippen molar-refractivity contribution in [2.24, 2.45) is 0 Å². The minimum atomic E-state index is 0.0413. The van der Waals surface area contributed by atoms with Crippen LogP contribution in [-0.4, -0.2) is 43.1 Å². The first-order valence-electron chi connectivity index (χ1n) is 10.5. The maximum atomic E-state index is 12.3.